The first-order chi connectivity index (χ1) is 8.83. The van der Waals surface area contributed by atoms with Crippen molar-refractivity contribution in [3.8, 4) is 0 Å². The molecule has 0 atom stereocenters. The second kappa shape index (κ2) is 4.60. The van der Waals surface area contributed by atoms with E-state index in [0.29, 0.717) is 5.56 Å². The summed E-state index contributed by atoms with van der Waals surface area (Å²) in [7, 11) is 0. The van der Waals surface area contributed by atoms with Gasteiger partial charge in [-0.1, -0.05) is 0 Å². The molecular weight excluding hydrogens is 228 g/mol. The Morgan fingerprint density at radius 2 is 2.28 bits per heavy atom. The third kappa shape index (κ3) is 2.40. The number of nitrogens with one attached hydrogen (secondary N) is 1. The zero-order valence-electron chi connectivity index (χ0n) is 9.91. The van der Waals surface area contributed by atoms with Gasteiger partial charge in [0.25, 0.3) is 5.91 Å². The van der Waals surface area contributed by atoms with E-state index in [2.05, 4.69) is 15.4 Å². The number of carbonyl (C=O) groups is 1. The molecule has 18 heavy (non-hydrogen) atoms. The van der Waals surface area contributed by atoms with Crippen LogP contribution in [0.3, 0.4) is 0 Å². The van der Waals surface area contributed by atoms with Crippen molar-refractivity contribution in [3.63, 3.8) is 0 Å². The Bertz CT molecular complexity index is 545. The molecule has 92 valence electrons. The average Bonchev–Trinajstić information content (AvgIpc) is 3.11. The van der Waals surface area contributed by atoms with Gasteiger partial charge >= 0.3 is 0 Å². The number of rotatable bonds is 4. The lowest BCUT2D eigenvalue weighted by Gasteiger charge is -2.08. The smallest absolute Gasteiger partial charge is 0.258 e. The molecule has 0 saturated heterocycles. The van der Waals surface area contributed by atoms with E-state index >= 15 is 0 Å². The maximum atomic E-state index is 12.0. The quantitative estimate of drug-likeness (QED) is 0.891. The van der Waals surface area contributed by atoms with E-state index in [9.17, 15) is 4.79 Å². The van der Waals surface area contributed by atoms with Gasteiger partial charge in [-0.3, -0.25) is 9.78 Å². The van der Waals surface area contributed by atoms with Crippen molar-refractivity contribution in [1.29, 1.82) is 0 Å². The number of carbonyl (C=O) groups excluding carboxylic acids is 1. The van der Waals surface area contributed by atoms with Crippen molar-refractivity contribution in [2.45, 2.75) is 19.4 Å². The van der Waals surface area contributed by atoms with Crippen LogP contribution in [0, 0.1) is 5.92 Å². The second-order valence-corrected chi connectivity index (χ2v) is 4.54. The third-order valence-electron chi connectivity index (χ3n) is 3.01. The highest BCUT2D eigenvalue weighted by Gasteiger charge is 2.23. The monoisotopic (exact) mass is 242 g/mol. The van der Waals surface area contributed by atoms with E-state index in [1.165, 1.54) is 12.8 Å². The van der Waals surface area contributed by atoms with Crippen molar-refractivity contribution in [2.24, 2.45) is 5.92 Å². The molecule has 2 heterocycles. The van der Waals surface area contributed by atoms with Gasteiger partial charge in [-0.2, -0.15) is 5.10 Å². The van der Waals surface area contributed by atoms with Crippen LogP contribution in [0.2, 0.25) is 0 Å². The molecule has 0 radical (unpaired) electrons. The minimum absolute atomic E-state index is 0.152. The Hall–Kier alpha value is -2.17. The van der Waals surface area contributed by atoms with Gasteiger partial charge in [0.1, 0.15) is 5.82 Å². The largest absolute Gasteiger partial charge is 0.307 e. The molecule has 5 heteroatoms. The molecule has 1 fully saturated rings. The minimum atomic E-state index is -0.152. The van der Waals surface area contributed by atoms with Crippen LogP contribution in [0.5, 0.6) is 0 Å². The van der Waals surface area contributed by atoms with Gasteiger partial charge in [-0.25, -0.2) is 4.68 Å². The summed E-state index contributed by atoms with van der Waals surface area (Å²) in [6.45, 7) is 0.885. The van der Waals surface area contributed by atoms with Crippen LogP contribution >= 0.6 is 0 Å². The van der Waals surface area contributed by atoms with Gasteiger partial charge in [0.2, 0.25) is 0 Å². The van der Waals surface area contributed by atoms with Crippen LogP contribution < -0.4 is 5.32 Å². The summed E-state index contributed by atoms with van der Waals surface area (Å²) >= 11 is 0. The van der Waals surface area contributed by atoms with Gasteiger partial charge in [-0.15, -0.1) is 0 Å². The summed E-state index contributed by atoms with van der Waals surface area (Å²) in [6, 6.07) is 5.30. The number of anilines is 1. The van der Waals surface area contributed by atoms with Gasteiger partial charge in [0.15, 0.2) is 0 Å². The third-order valence-corrected chi connectivity index (χ3v) is 3.01. The predicted molar refractivity (Wildman–Crippen MR) is 67.1 cm³/mol. The van der Waals surface area contributed by atoms with Crippen LogP contribution in [-0.2, 0) is 6.54 Å². The topological polar surface area (TPSA) is 59.8 Å². The lowest BCUT2D eigenvalue weighted by Crippen LogP contribution is -2.16. The second-order valence-electron chi connectivity index (χ2n) is 4.54. The van der Waals surface area contributed by atoms with Crippen molar-refractivity contribution >= 4 is 11.7 Å². The minimum Gasteiger partial charge on any atom is -0.307 e. The number of aromatic nitrogens is 3. The molecule has 2 aromatic rings. The summed E-state index contributed by atoms with van der Waals surface area (Å²) < 4.78 is 1.85. The maximum absolute atomic E-state index is 12.0. The summed E-state index contributed by atoms with van der Waals surface area (Å²) in [5, 5.41) is 7.09. The maximum Gasteiger partial charge on any atom is 0.258 e. The fourth-order valence-corrected chi connectivity index (χ4v) is 1.81. The summed E-state index contributed by atoms with van der Waals surface area (Å²) in [4.78, 5) is 15.9. The molecule has 0 aliphatic heterocycles. The standard InChI is InChI=1S/C13H14N4O/c18-13(11-2-1-6-14-8-11)16-12-5-7-15-17(12)9-10-3-4-10/h1-2,5-8,10H,3-4,9H2,(H,16,18). The molecule has 0 bridgehead atoms. The Labute approximate surface area is 105 Å². The number of hydrogen-bond acceptors (Lipinski definition) is 3. The van der Waals surface area contributed by atoms with Crippen LogP contribution in [0.4, 0.5) is 5.82 Å². The molecule has 1 amide bonds. The van der Waals surface area contributed by atoms with Crippen molar-refractivity contribution in [3.05, 3.63) is 42.4 Å². The van der Waals surface area contributed by atoms with E-state index in [1.807, 2.05) is 10.7 Å². The predicted octanol–water partition coefficient (Wildman–Crippen LogP) is 1.94. The van der Waals surface area contributed by atoms with Crippen LogP contribution in [0.15, 0.2) is 36.8 Å². The zero-order chi connectivity index (χ0) is 12.4. The van der Waals surface area contributed by atoms with E-state index in [1.54, 1.807) is 30.7 Å². The van der Waals surface area contributed by atoms with E-state index in [0.717, 1.165) is 18.3 Å². The molecule has 1 saturated carbocycles. The average molecular weight is 242 g/mol. The lowest BCUT2D eigenvalue weighted by atomic mass is 10.3. The van der Waals surface area contributed by atoms with Crippen LogP contribution in [0.25, 0.3) is 0 Å². The Kier molecular flexibility index (Phi) is 2.80. The first kappa shape index (κ1) is 11.0. The first-order valence-corrected chi connectivity index (χ1v) is 6.06. The first-order valence-electron chi connectivity index (χ1n) is 6.06. The highest BCUT2D eigenvalue weighted by Crippen LogP contribution is 2.31. The fourth-order valence-electron chi connectivity index (χ4n) is 1.81. The molecule has 5 nitrogen and oxygen atoms in total. The highest BCUT2D eigenvalue weighted by molar-refractivity contribution is 6.03. The van der Waals surface area contributed by atoms with E-state index < -0.39 is 0 Å². The van der Waals surface area contributed by atoms with Gasteiger partial charge in [-0.05, 0) is 30.9 Å². The van der Waals surface area contributed by atoms with Crippen molar-refractivity contribution in [1.82, 2.24) is 14.8 Å². The molecule has 1 N–H and O–H groups in total. The summed E-state index contributed by atoms with van der Waals surface area (Å²) in [5.41, 5.74) is 0.552. The fraction of sp³-hybridized carbons (Fsp3) is 0.308. The van der Waals surface area contributed by atoms with Gasteiger partial charge < -0.3 is 5.32 Å². The normalized spacial score (nSPS) is 14.4. The number of amides is 1. The number of hydrogen-bond donors (Lipinski definition) is 1. The number of pyridine rings is 1. The SMILES string of the molecule is O=C(Nc1ccnn1CC1CC1)c1cccnc1. The van der Waals surface area contributed by atoms with E-state index in [-0.39, 0.29) is 5.91 Å². The molecule has 0 spiro atoms. The van der Waals surface area contributed by atoms with Gasteiger partial charge in [0.05, 0.1) is 11.8 Å². The van der Waals surface area contributed by atoms with Gasteiger partial charge in [0, 0.05) is 25.0 Å². The molecule has 1 aliphatic rings. The Balaban J connectivity index is 1.72. The Morgan fingerprint density at radius 3 is 3.00 bits per heavy atom. The van der Waals surface area contributed by atoms with Crippen molar-refractivity contribution < 1.29 is 4.79 Å². The lowest BCUT2D eigenvalue weighted by molar-refractivity contribution is 0.102. The molecule has 0 aromatic carbocycles. The van der Waals surface area contributed by atoms with E-state index in [4.69, 9.17) is 0 Å². The molecule has 0 unspecified atom stereocenters. The summed E-state index contributed by atoms with van der Waals surface area (Å²) in [5.74, 6) is 1.32. The molecule has 1 aliphatic carbocycles. The molecular formula is C13H14N4O. The molecule has 2 aromatic heterocycles. The van der Waals surface area contributed by atoms with Crippen LogP contribution in [0.1, 0.15) is 23.2 Å². The van der Waals surface area contributed by atoms with Crippen LogP contribution in [-0.4, -0.2) is 20.7 Å². The number of nitrogens with zero attached hydrogens (tertiary/aromatic N) is 3. The zero-order valence-corrected chi connectivity index (χ0v) is 9.91. The Morgan fingerprint density at radius 1 is 1.39 bits per heavy atom. The highest BCUT2D eigenvalue weighted by atomic mass is 16.1. The molecule has 3 rings (SSSR count). The summed E-state index contributed by atoms with van der Waals surface area (Å²) in [6.07, 6.45) is 7.43. The van der Waals surface area contributed by atoms with Crippen molar-refractivity contribution in [2.75, 3.05) is 5.32 Å².